The van der Waals surface area contributed by atoms with Gasteiger partial charge >= 0.3 is 12.1 Å². The van der Waals surface area contributed by atoms with E-state index in [1.165, 1.54) is 6.20 Å². The molecular formula is C11H19NO4. The van der Waals surface area contributed by atoms with Crippen LogP contribution >= 0.6 is 0 Å². The second kappa shape index (κ2) is 6.15. The Kier molecular flexibility index (Phi) is 5.56. The van der Waals surface area contributed by atoms with Gasteiger partial charge in [-0.25, -0.2) is 9.59 Å². The molecule has 0 aromatic carbocycles. The van der Waals surface area contributed by atoms with Gasteiger partial charge in [-0.05, 0) is 34.6 Å². The zero-order valence-corrected chi connectivity index (χ0v) is 10.4. The van der Waals surface area contributed by atoms with Crippen LogP contribution in [0.1, 0.15) is 34.6 Å². The molecule has 0 radical (unpaired) electrons. The SMILES string of the molecule is CCOC(=O)/C(C)=C\NC(=O)OC(C)(C)C. The third-order valence-corrected chi connectivity index (χ3v) is 1.40. The van der Waals surface area contributed by atoms with Gasteiger partial charge in [0.05, 0.1) is 12.2 Å². The molecule has 0 spiro atoms. The number of hydrogen-bond acceptors (Lipinski definition) is 4. The van der Waals surface area contributed by atoms with Crippen molar-refractivity contribution in [2.24, 2.45) is 0 Å². The first kappa shape index (κ1) is 14.5. The van der Waals surface area contributed by atoms with Gasteiger partial charge in [0, 0.05) is 6.20 Å². The molecule has 0 saturated carbocycles. The van der Waals surface area contributed by atoms with Crippen LogP contribution in [0, 0.1) is 0 Å². The number of alkyl carbamates (subject to hydrolysis) is 1. The van der Waals surface area contributed by atoms with E-state index in [1.807, 2.05) is 0 Å². The highest BCUT2D eigenvalue weighted by Gasteiger charge is 2.15. The predicted octanol–water partition coefficient (Wildman–Crippen LogP) is 1.98. The molecule has 5 nitrogen and oxygen atoms in total. The van der Waals surface area contributed by atoms with E-state index in [2.05, 4.69) is 5.32 Å². The van der Waals surface area contributed by atoms with Crippen molar-refractivity contribution in [2.45, 2.75) is 40.2 Å². The number of carbonyl (C=O) groups is 2. The summed E-state index contributed by atoms with van der Waals surface area (Å²) in [5.41, 5.74) is -0.247. The van der Waals surface area contributed by atoms with Crippen molar-refractivity contribution in [3.63, 3.8) is 0 Å². The highest BCUT2D eigenvalue weighted by atomic mass is 16.6. The first-order valence-corrected chi connectivity index (χ1v) is 5.09. The van der Waals surface area contributed by atoms with Crippen molar-refractivity contribution in [3.8, 4) is 0 Å². The second-order valence-corrected chi connectivity index (χ2v) is 4.19. The smallest absolute Gasteiger partial charge is 0.411 e. The van der Waals surface area contributed by atoms with Gasteiger partial charge in [-0.15, -0.1) is 0 Å². The van der Waals surface area contributed by atoms with Crippen molar-refractivity contribution in [3.05, 3.63) is 11.8 Å². The molecule has 16 heavy (non-hydrogen) atoms. The normalized spacial score (nSPS) is 11.9. The molecule has 92 valence electrons. The predicted molar refractivity (Wildman–Crippen MR) is 59.8 cm³/mol. The van der Waals surface area contributed by atoms with Gasteiger partial charge in [0.25, 0.3) is 0 Å². The zero-order valence-electron chi connectivity index (χ0n) is 10.4. The number of nitrogens with one attached hydrogen (secondary N) is 1. The molecule has 0 aliphatic carbocycles. The molecule has 0 bridgehead atoms. The summed E-state index contributed by atoms with van der Waals surface area (Å²) in [6, 6.07) is 0. The minimum atomic E-state index is -0.601. The van der Waals surface area contributed by atoms with Crippen LogP contribution in [0.15, 0.2) is 11.8 Å². The van der Waals surface area contributed by atoms with E-state index in [-0.39, 0.29) is 0 Å². The largest absolute Gasteiger partial charge is 0.463 e. The zero-order chi connectivity index (χ0) is 12.8. The highest BCUT2D eigenvalue weighted by molar-refractivity contribution is 5.88. The van der Waals surface area contributed by atoms with Crippen molar-refractivity contribution in [1.29, 1.82) is 0 Å². The Morgan fingerprint density at radius 3 is 2.31 bits per heavy atom. The Balaban J connectivity index is 4.17. The summed E-state index contributed by atoms with van der Waals surface area (Å²) in [6.45, 7) is 8.84. The van der Waals surface area contributed by atoms with E-state index in [9.17, 15) is 9.59 Å². The molecule has 0 rings (SSSR count). The molecule has 0 aliphatic rings. The number of esters is 1. The second-order valence-electron chi connectivity index (χ2n) is 4.19. The van der Waals surface area contributed by atoms with Gasteiger partial charge in [0.1, 0.15) is 5.60 Å². The van der Waals surface area contributed by atoms with Gasteiger partial charge in [-0.3, -0.25) is 5.32 Å². The van der Waals surface area contributed by atoms with Crippen molar-refractivity contribution >= 4 is 12.1 Å². The number of carbonyl (C=O) groups excluding carboxylic acids is 2. The van der Waals surface area contributed by atoms with Crippen LogP contribution in [0.2, 0.25) is 0 Å². The lowest BCUT2D eigenvalue weighted by Crippen LogP contribution is -2.30. The van der Waals surface area contributed by atoms with Crippen LogP contribution in [0.25, 0.3) is 0 Å². The minimum absolute atomic E-state index is 0.302. The van der Waals surface area contributed by atoms with Crippen molar-refractivity contribution in [2.75, 3.05) is 6.61 Å². The molecule has 5 heteroatoms. The minimum Gasteiger partial charge on any atom is -0.463 e. The van der Waals surface area contributed by atoms with E-state index < -0.39 is 17.7 Å². The molecule has 0 aliphatic heterocycles. The fourth-order valence-electron chi connectivity index (χ4n) is 0.779. The van der Waals surface area contributed by atoms with Crippen molar-refractivity contribution < 1.29 is 19.1 Å². The third-order valence-electron chi connectivity index (χ3n) is 1.40. The maximum atomic E-state index is 11.2. The molecule has 0 atom stereocenters. The lowest BCUT2D eigenvalue weighted by molar-refractivity contribution is -0.138. The van der Waals surface area contributed by atoms with Crippen LogP contribution in [0.3, 0.4) is 0 Å². The standard InChI is InChI=1S/C11H19NO4/c1-6-15-9(13)8(2)7-12-10(14)16-11(3,4)5/h7H,6H2,1-5H3,(H,12,14)/b8-7-. The van der Waals surface area contributed by atoms with E-state index in [1.54, 1.807) is 34.6 Å². The summed E-state index contributed by atoms with van der Waals surface area (Å²) in [5.74, 6) is -0.460. The Morgan fingerprint density at radius 2 is 1.88 bits per heavy atom. The van der Waals surface area contributed by atoms with Gasteiger partial charge in [0.15, 0.2) is 0 Å². The lowest BCUT2D eigenvalue weighted by atomic mass is 10.2. The maximum Gasteiger partial charge on any atom is 0.411 e. The lowest BCUT2D eigenvalue weighted by Gasteiger charge is -2.18. The summed E-state index contributed by atoms with van der Waals surface area (Å²) < 4.78 is 9.72. The highest BCUT2D eigenvalue weighted by Crippen LogP contribution is 2.06. The molecular weight excluding hydrogens is 210 g/mol. The first-order valence-electron chi connectivity index (χ1n) is 5.09. The summed E-state index contributed by atoms with van der Waals surface area (Å²) in [4.78, 5) is 22.4. The fraction of sp³-hybridized carbons (Fsp3) is 0.636. The molecule has 0 heterocycles. The summed E-state index contributed by atoms with van der Waals surface area (Å²) >= 11 is 0. The van der Waals surface area contributed by atoms with E-state index in [4.69, 9.17) is 9.47 Å². The molecule has 0 aromatic rings. The summed E-state index contributed by atoms with van der Waals surface area (Å²) in [7, 11) is 0. The van der Waals surface area contributed by atoms with Gasteiger partial charge < -0.3 is 9.47 Å². The van der Waals surface area contributed by atoms with Crippen LogP contribution in [0.4, 0.5) is 4.79 Å². The van der Waals surface area contributed by atoms with Crippen LogP contribution in [-0.4, -0.2) is 24.3 Å². The Labute approximate surface area is 95.8 Å². The molecule has 1 N–H and O–H groups in total. The molecule has 0 saturated heterocycles. The number of ether oxygens (including phenoxy) is 2. The van der Waals surface area contributed by atoms with Crippen LogP contribution in [0.5, 0.6) is 0 Å². The first-order chi connectivity index (χ1) is 7.26. The molecule has 0 aromatic heterocycles. The molecule has 0 unspecified atom stereocenters. The van der Waals surface area contributed by atoms with Gasteiger partial charge in [-0.2, -0.15) is 0 Å². The van der Waals surface area contributed by atoms with Crippen LogP contribution < -0.4 is 5.32 Å². The average molecular weight is 229 g/mol. The Morgan fingerprint density at radius 1 is 1.31 bits per heavy atom. The molecule has 0 fully saturated rings. The average Bonchev–Trinajstić information content (AvgIpc) is 2.11. The monoisotopic (exact) mass is 229 g/mol. The Bertz CT molecular complexity index is 289. The maximum absolute atomic E-state index is 11.2. The Hall–Kier alpha value is -1.52. The van der Waals surface area contributed by atoms with E-state index in [0.29, 0.717) is 12.2 Å². The summed E-state index contributed by atoms with van der Waals surface area (Å²) in [6.07, 6.45) is 0.669. The van der Waals surface area contributed by atoms with Gasteiger partial charge in [0.2, 0.25) is 0 Å². The third kappa shape index (κ3) is 6.86. The van der Waals surface area contributed by atoms with Crippen LogP contribution in [-0.2, 0) is 14.3 Å². The number of amides is 1. The van der Waals surface area contributed by atoms with Crippen molar-refractivity contribution in [1.82, 2.24) is 5.32 Å². The number of hydrogen-bond donors (Lipinski definition) is 1. The van der Waals surface area contributed by atoms with E-state index in [0.717, 1.165) is 0 Å². The fourth-order valence-corrected chi connectivity index (χ4v) is 0.779. The van der Waals surface area contributed by atoms with E-state index >= 15 is 0 Å². The summed E-state index contributed by atoms with van der Waals surface area (Å²) in [5, 5.41) is 2.35. The number of rotatable bonds is 3. The molecule has 1 amide bonds. The topological polar surface area (TPSA) is 64.6 Å². The quantitative estimate of drug-likeness (QED) is 0.593. The van der Waals surface area contributed by atoms with Gasteiger partial charge in [-0.1, -0.05) is 0 Å².